The fourth-order valence-electron chi connectivity index (χ4n) is 15.9. The Morgan fingerprint density at radius 2 is 0.690 bits per heavy atom. The largest absolute Gasteiger partial charge is 0.309 e. The van der Waals surface area contributed by atoms with E-state index in [1.54, 1.807) is 0 Å². The van der Waals surface area contributed by atoms with Gasteiger partial charge in [-0.15, -0.1) is 0 Å². The average molecular weight is 1080 g/mol. The minimum absolute atomic E-state index is 0.0579. The van der Waals surface area contributed by atoms with Crippen molar-refractivity contribution in [3.63, 3.8) is 0 Å². The van der Waals surface area contributed by atoms with E-state index in [-0.39, 0.29) is 21.7 Å². The maximum Gasteiger partial charge on any atom is 0.0641 e. The summed E-state index contributed by atoms with van der Waals surface area (Å²) in [5.41, 5.74) is 27.3. The lowest BCUT2D eigenvalue weighted by Gasteiger charge is -2.32. The molecule has 0 saturated carbocycles. The number of rotatable bonds is 6. The molecule has 0 unspecified atom stereocenters. The van der Waals surface area contributed by atoms with E-state index in [4.69, 9.17) is 0 Å². The summed E-state index contributed by atoms with van der Waals surface area (Å²) in [5.74, 6) is 0. The van der Waals surface area contributed by atoms with Crippen LogP contribution in [0.2, 0.25) is 0 Å². The summed E-state index contributed by atoms with van der Waals surface area (Å²) in [6.07, 6.45) is 0. The molecule has 0 amide bonds. The molecular weight excluding hydrogens is 1020 g/mol. The Labute approximate surface area is 491 Å². The van der Waals surface area contributed by atoms with Crippen LogP contribution in [0, 0.1) is 0 Å². The molecule has 0 atom stereocenters. The van der Waals surface area contributed by atoms with Gasteiger partial charge in [0.05, 0.1) is 55.8 Å². The molecule has 4 heterocycles. The van der Waals surface area contributed by atoms with Crippen LogP contribution in [0.4, 0.5) is 34.1 Å². The molecule has 0 fully saturated rings. The van der Waals surface area contributed by atoms with Crippen molar-refractivity contribution in [2.24, 2.45) is 0 Å². The molecule has 0 spiro atoms. The predicted octanol–water partition coefficient (Wildman–Crippen LogP) is 22.1. The Morgan fingerprint density at radius 3 is 1.10 bits per heavy atom. The van der Waals surface area contributed by atoms with Crippen molar-refractivity contribution in [1.82, 2.24) is 8.80 Å². The van der Waals surface area contributed by atoms with Crippen LogP contribution in [0.1, 0.15) is 103 Å². The quantitative estimate of drug-likeness (QED) is 0.165. The molecule has 406 valence electrons. The van der Waals surface area contributed by atoms with Crippen LogP contribution in [0.5, 0.6) is 0 Å². The highest BCUT2D eigenvalue weighted by molar-refractivity contribution is 6.32. The van der Waals surface area contributed by atoms with E-state index in [9.17, 15) is 0 Å². The van der Waals surface area contributed by atoms with Crippen LogP contribution in [0.15, 0.2) is 218 Å². The molecule has 2 aliphatic carbocycles. The fraction of sp³-hybridized carbons (Fsp3) is 0.175. The van der Waals surface area contributed by atoms with Crippen molar-refractivity contribution >= 4 is 110 Å². The van der Waals surface area contributed by atoms with Gasteiger partial charge in [-0.25, -0.2) is 0 Å². The highest BCUT2D eigenvalue weighted by Crippen LogP contribution is 2.59. The third kappa shape index (κ3) is 6.43. The summed E-state index contributed by atoms with van der Waals surface area (Å²) >= 11 is 0. The van der Waals surface area contributed by atoms with Crippen molar-refractivity contribution in [2.75, 3.05) is 9.80 Å². The summed E-state index contributed by atoms with van der Waals surface area (Å²) in [4.78, 5) is 5.15. The molecule has 11 aromatic carbocycles. The molecule has 0 aliphatic heterocycles. The average Bonchev–Trinajstić information content (AvgIpc) is 1.78. The summed E-state index contributed by atoms with van der Waals surface area (Å²) in [6.45, 7) is 23.7. The molecule has 0 bridgehead atoms. The van der Waals surface area contributed by atoms with Crippen molar-refractivity contribution in [3.05, 3.63) is 252 Å². The number of hydrogen-bond donors (Lipinski definition) is 0. The Morgan fingerprint density at radius 1 is 0.310 bits per heavy atom. The third-order valence-electron chi connectivity index (χ3n) is 19.8. The predicted molar refractivity (Wildman–Crippen MR) is 358 cm³/mol. The van der Waals surface area contributed by atoms with Gasteiger partial charge in [-0.2, -0.15) is 0 Å². The van der Waals surface area contributed by atoms with E-state index in [1.165, 1.54) is 155 Å². The second-order valence-electron chi connectivity index (χ2n) is 27.3. The number of para-hydroxylation sites is 2. The zero-order valence-corrected chi connectivity index (χ0v) is 49.6. The van der Waals surface area contributed by atoms with Crippen molar-refractivity contribution in [2.45, 2.75) is 90.9 Å². The molecule has 17 rings (SSSR count). The molecule has 4 nitrogen and oxygen atoms in total. The van der Waals surface area contributed by atoms with E-state index in [0.717, 1.165) is 11.4 Å². The third-order valence-corrected chi connectivity index (χ3v) is 19.8. The topological polar surface area (TPSA) is 15.3 Å². The van der Waals surface area contributed by atoms with Gasteiger partial charge in [-0.3, -0.25) is 0 Å². The Bertz CT molecular complexity index is 4940. The molecule has 0 N–H and O–H groups in total. The Hall–Kier alpha value is -9.38. The highest BCUT2D eigenvalue weighted by atomic mass is 15.2. The lowest BCUT2D eigenvalue weighted by atomic mass is 9.81. The van der Waals surface area contributed by atoms with Crippen molar-refractivity contribution in [3.8, 4) is 22.3 Å². The number of hydrogen-bond acceptors (Lipinski definition) is 2. The van der Waals surface area contributed by atoms with E-state index >= 15 is 0 Å². The lowest BCUT2D eigenvalue weighted by Crippen LogP contribution is -2.20. The number of anilines is 6. The van der Waals surface area contributed by atoms with Crippen LogP contribution in [0.25, 0.3) is 98.4 Å². The molecule has 4 aromatic heterocycles. The van der Waals surface area contributed by atoms with Gasteiger partial charge in [0.25, 0.3) is 0 Å². The summed E-state index contributed by atoms with van der Waals surface area (Å²) in [7, 11) is 0. The molecular formula is C80H66N4. The first-order valence-electron chi connectivity index (χ1n) is 30.1. The van der Waals surface area contributed by atoms with Crippen LogP contribution in [0.3, 0.4) is 0 Å². The first kappa shape index (κ1) is 49.2. The van der Waals surface area contributed by atoms with E-state index in [1.807, 2.05) is 0 Å². The summed E-state index contributed by atoms with van der Waals surface area (Å²) in [6, 6.07) is 83.5. The SMILES string of the molecule is CC(C)(C)c1ccc2c(c1)c1c(N(c3ccccc3)c3cccc4c3C(C)(C)c3ccccc3-4)ccc3c4cc5c(cc4n2c31)c1ccc(N(c2ccccc2)c2cccc3c2C(C)(C)c2ccccc2-3)c2c3cc(C(C)(C)C)ccc3n5c12. The normalized spacial score (nSPS) is 14.5. The minimum atomic E-state index is -0.225. The van der Waals surface area contributed by atoms with Gasteiger partial charge in [0.2, 0.25) is 0 Å². The second-order valence-corrected chi connectivity index (χ2v) is 27.3. The first-order chi connectivity index (χ1) is 40.5. The monoisotopic (exact) mass is 1080 g/mol. The molecule has 15 aromatic rings. The van der Waals surface area contributed by atoms with Gasteiger partial charge in [-0.05, 0) is 151 Å². The first-order valence-corrected chi connectivity index (χ1v) is 30.1. The summed E-state index contributed by atoms with van der Waals surface area (Å²) < 4.78 is 5.23. The maximum absolute atomic E-state index is 2.61. The highest BCUT2D eigenvalue weighted by Gasteiger charge is 2.41. The van der Waals surface area contributed by atoms with Gasteiger partial charge in [-0.1, -0.05) is 203 Å². The summed E-state index contributed by atoms with van der Waals surface area (Å²) in [5, 5.41) is 10.1. The number of aromatic nitrogens is 2. The second kappa shape index (κ2) is 16.7. The smallest absolute Gasteiger partial charge is 0.0641 e. The molecule has 84 heavy (non-hydrogen) atoms. The zero-order chi connectivity index (χ0) is 57.1. The maximum atomic E-state index is 2.61. The van der Waals surface area contributed by atoms with Gasteiger partial charge >= 0.3 is 0 Å². The van der Waals surface area contributed by atoms with Crippen LogP contribution in [-0.2, 0) is 21.7 Å². The van der Waals surface area contributed by atoms with Crippen molar-refractivity contribution < 1.29 is 0 Å². The van der Waals surface area contributed by atoms with E-state index in [2.05, 4.69) is 306 Å². The molecule has 2 aliphatic rings. The molecule has 0 saturated heterocycles. The number of fused-ring (bicyclic) bond motifs is 18. The Balaban J connectivity index is 0.969. The van der Waals surface area contributed by atoms with Gasteiger partial charge < -0.3 is 18.6 Å². The van der Waals surface area contributed by atoms with Crippen molar-refractivity contribution in [1.29, 1.82) is 0 Å². The van der Waals surface area contributed by atoms with Crippen LogP contribution in [-0.4, -0.2) is 8.80 Å². The van der Waals surface area contributed by atoms with Gasteiger partial charge in [0.15, 0.2) is 0 Å². The fourth-order valence-corrected chi connectivity index (χ4v) is 15.9. The molecule has 0 radical (unpaired) electrons. The van der Waals surface area contributed by atoms with Gasteiger partial charge in [0.1, 0.15) is 0 Å². The minimum Gasteiger partial charge on any atom is -0.309 e. The number of benzene rings is 11. The lowest BCUT2D eigenvalue weighted by molar-refractivity contribution is 0.591. The number of nitrogens with zero attached hydrogens (tertiary/aromatic N) is 4. The molecule has 4 heteroatoms. The van der Waals surface area contributed by atoms with Gasteiger partial charge in [0, 0.05) is 65.3 Å². The van der Waals surface area contributed by atoms with Crippen LogP contribution >= 0.6 is 0 Å². The Kier molecular flexibility index (Phi) is 9.77. The van der Waals surface area contributed by atoms with E-state index < -0.39 is 0 Å². The standard InChI is InChI=1S/C80H66N4/c1-77(2,3)47-35-39-63-59(43-47)71-65(81(49-23-13-11-14-24-49)67-33-21-29-53-51-27-17-19-31-61(51)79(7,8)73(53)67)41-37-55-57-46-70-58(45-69(57)83(63)75(55)71)56-38-42-66(72-60-44-48(78(4,5)6)36-40-64(60)84(70)76(56)72)82(50-25-15-12-16-26-50)68-34-22-30-54-52-28-18-20-32-62(52)80(9,10)74(54)68/h11-46H,1-10H3. The van der Waals surface area contributed by atoms with Crippen LogP contribution < -0.4 is 9.80 Å². The van der Waals surface area contributed by atoms with E-state index in [0.29, 0.717) is 0 Å². The zero-order valence-electron chi connectivity index (χ0n) is 49.6.